The average Bonchev–Trinajstić information content (AvgIpc) is 2.23. The van der Waals surface area contributed by atoms with E-state index in [0.717, 1.165) is 9.37 Å². The SMILES string of the molecule is CN(CC(C)(C)O)C(=O)CSc1cccc(Br)c1. The second-order valence-electron chi connectivity index (χ2n) is 4.81. The van der Waals surface area contributed by atoms with Gasteiger partial charge in [-0.3, -0.25) is 4.79 Å². The van der Waals surface area contributed by atoms with Crippen LogP contribution in [0.1, 0.15) is 13.8 Å². The Kier molecular flexibility index (Phi) is 5.69. The average molecular weight is 332 g/mol. The van der Waals surface area contributed by atoms with E-state index in [1.165, 1.54) is 11.8 Å². The molecular formula is C13H18BrNO2S. The summed E-state index contributed by atoms with van der Waals surface area (Å²) in [5.41, 5.74) is -0.856. The van der Waals surface area contributed by atoms with E-state index >= 15 is 0 Å². The van der Waals surface area contributed by atoms with Crippen LogP contribution in [0.3, 0.4) is 0 Å². The van der Waals surface area contributed by atoms with Gasteiger partial charge in [0.25, 0.3) is 0 Å². The van der Waals surface area contributed by atoms with E-state index in [1.807, 2.05) is 24.3 Å². The monoisotopic (exact) mass is 331 g/mol. The number of hydrogen-bond acceptors (Lipinski definition) is 3. The third-order valence-electron chi connectivity index (χ3n) is 2.21. The van der Waals surface area contributed by atoms with Crippen LogP contribution in [0.15, 0.2) is 33.6 Å². The van der Waals surface area contributed by atoms with Crippen molar-refractivity contribution in [1.82, 2.24) is 4.90 Å². The van der Waals surface area contributed by atoms with Crippen molar-refractivity contribution in [2.75, 3.05) is 19.3 Å². The molecule has 0 unspecified atom stereocenters. The molecule has 18 heavy (non-hydrogen) atoms. The van der Waals surface area contributed by atoms with Gasteiger partial charge in [-0.2, -0.15) is 0 Å². The Morgan fingerprint density at radius 3 is 2.72 bits per heavy atom. The number of amides is 1. The Labute approximate surface area is 121 Å². The van der Waals surface area contributed by atoms with Gasteiger partial charge in [-0.25, -0.2) is 0 Å². The lowest BCUT2D eigenvalue weighted by Gasteiger charge is -2.25. The Bertz CT molecular complexity index is 418. The van der Waals surface area contributed by atoms with Crippen LogP contribution < -0.4 is 0 Å². The third kappa shape index (κ3) is 5.89. The lowest BCUT2D eigenvalue weighted by molar-refractivity contribution is -0.129. The second kappa shape index (κ2) is 6.59. The number of carbonyl (C=O) groups excluding carboxylic acids is 1. The largest absolute Gasteiger partial charge is 0.389 e. The van der Waals surface area contributed by atoms with Crippen LogP contribution in [0, 0.1) is 0 Å². The summed E-state index contributed by atoms with van der Waals surface area (Å²) in [7, 11) is 1.71. The predicted octanol–water partition coefficient (Wildman–Crippen LogP) is 2.77. The molecule has 0 saturated carbocycles. The molecule has 1 rings (SSSR count). The van der Waals surface area contributed by atoms with Crippen molar-refractivity contribution in [2.24, 2.45) is 0 Å². The van der Waals surface area contributed by atoms with Crippen molar-refractivity contribution in [3.8, 4) is 0 Å². The highest BCUT2D eigenvalue weighted by molar-refractivity contribution is 9.10. The number of halogens is 1. The molecule has 1 aromatic rings. The van der Waals surface area contributed by atoms with E-state index in [-0.39, 0.29) is 5.91 Å². The van der Waals surface area contributed by atoms with Gasteiger partial charge in [-0.05, 0) is 32.0 Å². The van der Waals surface area contributed by atoms with Crippen molar-refractivity contribution in [2.45, 2.75) is 24.3 Å². The van der Waals surface area contributed by atoms with Gasteiger partial charge in [0, 0.05) is 23.0 Å². The quantitative estimate of drug-likeness (QED) is 0.843. The molecule has 0 atom stereocenters. The van der Waals surface area contributed by atoms with Crippen LogP contribution >= 0.6 is 27.7 Å². The van der Waals surface area contributed by atoms with E-state index in [2.05, 4.69) is 15.9 Å². The van der Waals surface area contributed by atoms with Crippen LogP contribution in [0.25, 0.3) is 0 Å². The molecule has 0 radical (unpaired) electrons. The minimum atomic E-state index is -0.856. The summed E-state index contributed by atoms with van der Waals surface area (Å²) in [6.07, 6.45) is 0. The third-order valence-corrected chi connectivity index (χ3v) is 3.68. The molecule has 0 aliphatic rings. The summed E-state index contributed by atoms with van der Waals surface area (Å²) in [4.78, 5) is 14.5. The summed E-state index contributed by atoms with van der Waals surface area (Å²) >= 11 is 4.89. The van der Waals surface area contributed by atoms with Gasteiger partial charge in [-0.15, -0.1) is 11.8 Å². The van der Waals surface area contributed by atoms with Crippen LogP contribution in [-0.4, -0.2) is 40.9 Å². The Morgan fingerprint density at radius 1 is 1.50 bits per heavy atom. The smallest absolute Gasteiger partial charge is 0.232 e. The number of aliphatic hydroxyl groups is 1. The fraction of sp³-hybridized carbons (Fsp3) is 0.462. The van der Waals surface area contributed by atoms with Crippen molar-refractivity contribution in [3.63, 3.8) is 0 Å². The molecule has 0 saturated heterocycles. The Balaban J connectivity index is 2.46. The normalized spacial score (nSPS) is 11.4. The van der Waals surface area contributed by atoms with Gasteiger partial charge in [0.05, 0.1) is 11.4 Å². The molecule has 100 valence electrons. The highest BCUT2D eigenvalue weighted by Crippen LogP contribution is 2.22. The summed E-state index contributed by atoms with van der Waals surface area (Å²) in [5, 5.41) is 9.65. The first-order chi connectivity index (χ1) is 8.28. The molecule has 0 heterocycles. The molecule has 5 heteroatoms. The molecule has 0 fully saturated rings. The molecule has 0 aromatic heterocycles. The highest BCUT2D eigenvalue weighted by Gasteiger charge is 2.19. The fourth-order valence-corrected chi connectivity index (χ4v) is 2.93. The predicted molar refractivity (Wildman–Crippen MR) is 78.8 cm³/mol. The topological polar surface area (TPSA) is 40.5 Å². The van der Waals surface area contributed by atoms with Gasteiger partial charge in [0.2, 0.25) is 5.91 Å². The maximum atomic E-state index is 11.9. The maximum Gasteiger partial charge on any atom is 0.232 e. The minimum Gasteiger partial charge on any atom is -0.389 e. The number of nitrogens with zero attached hydrogens (tertiary/aromatic N) is 1. The lowest BCUT2D eigenvalue weighted by atomic mass is 10.1. The Hall–Kier alpha value is -0.520. The van der Waals surface area contributed by atoms with Crippen molar-refractivity contribution < 1.29 is 9.90 Å². The van der Waals surface area contributed by atoms with E-state index < -0.39 is 5.60 Å². The fourth-order valence-electron chi connectivity index (χ4n) is 1.48. The number of carbonyl (C=O) groups is 1. The van der Waals surface area contributed by atoms with Gasteiger partial charge < -0.3 is 10.0 Å². The first kappa shape index (κ1) is 15.5. The van der Waals surface area contributed by atoms with Crippen molar-refractivity contribution >= 4 is 33.6 Å². The first-order valence-electron chi connectivity index (χ1n) is 5.63. The Morgan fingerprint density at radius 2 is 2.17 bits per heavy atom. The lowest BCUT2D eigenvalue weighted by Crippen LogP contribution is -2.40. The first-order valence-corrected chi connectivity index (χ1v) is 7.40. The summed E-state index contributed by atoms with van der Waals surface area (Å²) in [5.74, 6) is 0.394. The number of hydrogen-bond donors (Lipinski definition) is 1. The summed E-state index contributed by atoms with van der Waals surface area (Å²) in [6.45, 7) is 3.72. The van der Waals surface area contributed by atoms with Crippen LogP contribution in [-0.2, 0) is 4.79 Å². The maximum absolute atomic E-state index is 11.9. The van der Waals surface area contributed by atoms with Gasteiger partial charge >= 0.3 is 0 Å². The molecular weight excluding hydrogens is 314 g/mol. The molecule has 0 aliphatic carbocycles. The summed E-state index contributed by atoms with van der Waals surface area (Å²) < 4.78 is 1.00. The molecule has 3 nitrogen and oxygen atoms in total. The van der Waals surface area contributed by atoms with E-state index in [0.29, 0.717) is 12.3 Å². The van der Waals surface area contributed by atoms with E-state index in [4.69, 9.17) is 0 Å². The van der Waals surface area contributed by atoms with E-state index in [1.54, 1.807) is 25.8 Å². The minimum absolute atomic E-state index is 0.0158. The second-order valence-corrected chi connectivity index (χ2v) is 6.77. The zero-order valence-corrected chi connectivity index (χ0v) is 13.2. The number of rotatable bonds is 5. The number of thioether (sulfide) groups is 1. The number of likely N-dealkylation sites (N-methyl/N-ethyl adjacent to an activating group) is 1. The van der Waals surface area contributed by atoms with Crippen LogP contribution in [0.2, 0.25) is 0 Å². The molecule has 1 N–H and O–H groups in total. The summed E-state index contributed by atoms with van der Waals surface area (Å²) in [6, 6.07) is 7.84. The zero-order valence-electron chi connectivity index (χ0n) is 10.8. The van der Waals surface area contributed by atoms with E-state index in [9.17, 15) is 9.90 Å². The van der Waals surface area contributed by atoms with Gasteiger partial charge in [-0.1, -0.05) is 22.0 Å². The van der Waals surface area contributed by atoms with Gasteiger partial charge in [0.15, 0.2) is 0 Å². The zero-order chi connectivity index (χ0) is 13.8. The molecule has 0 bridgehead atoms. The van der Waals surface area contributed by atoms with Crippen molar-refractivity contribution in [3.05, 3.63) is 28.7 Å². The molecule has 0 aliphatic heterocycles. The standard InChI is InChI=1S/C13H18BrNO2S/c1-13(2,17)9-15(3)12(16)8-18-11-6-4-5-10(14)7-11/h4-7,17H,8-9H2,1-3H3. The molecule has 0 spiro atoms. The van der Waals surface area contributed by atoms with Crippen LogP contribution in [0.5, 0.6) is 0 Å². The highest BCUT2D eigenvalue weighted by atomic mass is 79.9. The molecule has 1 aromatic carbocycles. The van der Waals surface area contributed by atoms with Crippen molar-refractivity contribution in [1.29, 1.82) is 0 Å². The molecule has 1 amide bonds. The van der Waals surface area contributed by atoms with Gasteiger partial charge in [0.1, 0.15) is 0 Å². The number of benzene rings is 1. The van der Waals surface area contributed by atoms with Crippen LogP contribution in [0.4, 0.5) is 0 Å².